The number of nitrogens with one attached hydrogen (secondary N) is 1. The van der Waals surface area contributed by atoms with Crippen molar-refractivity contribution in [3.05, 3.63) is 40.4 Å². The molecule has 162 valence electrons. The van der Waals surface area contributed by atoms with Gasteiger partial charge in [-0.2, -0.15) is 0 Å². The number of hydrogen-bond donors (Lipinski definition) is 2. The molecule has 9 heteroatoms. The van der Waals surface area contributed by atoms with Crippen LogP contribution in [0.2, 0.25) is 0 Å². The highest BCUT2D eigenvalue weighted by atomic mass is 19.1. The van der Waals surface area contributed by atoms with E-state index in [1.54, 1.807) is 11.9 Å². The Morgan fingerprint density at radius 3 is 2.87 bits per heavy atom. The van der Waals surface area contributed by atoms with E-state index in [-0.39, 0.29) is 34.6 Å². The number of benzene rings is 1. The Kier molecular flexibility index (Phi) is 4.85. The number of anilines is 1. The summed E-state index contributed by atoms with van der Waals surface area (Å²) in [5.74, 6) is 1.08. The standard InChI is InChI=1S/C22H24FN5O3/c1-3-12-7-17(29)13-8-14(18(30)9-19(13)31-12)22-24-10-20(26-27-22)28(2)16-6-11-4-5-15(25-11)21(16)23/h7-11,15-16,21,25,30H,3-6H2,1-2H3/t11?,15?,16-,21+/m0/s1. The number of aryl methyl sites for hydroxylation is 1. The number of nitrogens with zero attached hydrogens (tertiary/aromatic N) is 4. The van der Waals surface area contributed by atoms with Gasteiger partial charge >= 0.3 is 0 Å². The SMILES string of the molecule is CCc1cc(=O)c2cc(-c3ncc(N(C)[C@H]4CC5CCC(N5)[C@H]4F)nn3)c(O)cc2o1. The molecular formula is C22H24FN5O3. The molecule has 0 amide bonds. The first-order valence-electron chi connectivity index (χ1n) is 10.6. The quantitative estimate of drug-likeness (QED) is 0.657. The zero-order valence-electron chi connectivity index (χ0n) is 17.4. The van der Waals surface area contributed by atoms with Crippen molar-refractivity contribution in [3.63, 3.8) is 0 Å². The molecule has 2 aliphatic heterocycles. The van der Waals surface area contributed by atoms with Crippen molar-refractivity contribution in [1.82, 2.24) is 20.5 Å². The van der Waals surface area contributed by atoms with Gasteiger partial charge in [0, 0.05) is 37.7 Å². The molecule has 2 N–H and O–H groups in total. The number of alkyl halides is 1. The van der Waals surface area contributed by atoms with Crippen LogP contribution in [0.3, 0.4) is 0 Å². The highest BCUT2D eigenvalue weighted by Crippen LogP contribution is 2.34. The third-order valence-corrected chi connectivity index (χ3v) is 6.45. The molecule has 2 fully saturated rings. The van der Waals surface area contributed by atoms with Crippen LogP contribution in [0.25, 0.3) is 22.4 Å². The van der Waals surface area contributed by atoms with E-state index in [1.165, 1.54) is 24.4 Å². The van der Waals surface area contributed by atoms with E-state index >= 15 is 0 Å². The van der Waals surface area contributed by atoms with E-state index in [0.717, 1.165) is 12.8 Å². The van der Waals surface area contributed by atoms with Gasteiger partial charge in [-0.25, -0.2) is 9.37 Å². The van der Waals surface area contributed by atoms with Gasteiger partial charge in [0.25, 0.3) is 0 Å². The second kappa shape index (κ2) is 7.56. The fourth-order valence-electron chi connectivity index (χ4n) is 4.67. The zero-order valence-corrected chi connectivity index (χ0v) is 17.4. The Bertz CT molecular complexity index is 1180. The van der Waals surface area contributed by atoms with Crippen molar-refractivity contribution in [1.29, 1.82) is 0 Å². The Morgan fingerprint density at radius 2 is 2.13 bits per heavy atom. The molecule has 31 heavy (non-hydrogen) atoms. The second-order valence-electron chi connectivity index (χ2n) is 8.34. The van der Waals surface area contributed by atoms with Crippen molar-refractivity contribution >= 4 is 16.8 Å². The van der Waals surface area contributed by atoms with E-state index in [9.17, 15) is 14.3 Å². The van der Waals surface area contributed by atoms with Crippen LogP contribution in [0.15, 0.2) is 33.6 Å². The number of hydrogen-bond acceptors (Lipinski definition) is 8. The van der Waals surface area contributed by atoms with E-state index < -0.39 is 6.17 Å². The molecule has 5 rings (SSSR count). The van der Waals surface area contributed by atoms with Gasteiger partial charge in [-0.1, -0.05) is 6.92 Å². The summed E-state index contributed by atoms with van der Waals surface area (Å²) in [6, 6.07) is 4.29. The van der Waals surface area contributed by atoms with Gasteiger partial charge in [0.05, 0.1) is 23.2 Å². The predicted octanol–water partition coefficient (Wildman–Crippen LogP) is 2.58. The van der Waals surface area contributed by atoms with Gasteiger partial charge in [0.2, 0.25) is 0 Å². The molecule has 4 heterocycles. The Hall–Kier alpha value is -3.07. The summed E-state index contributed by atoms with van der Waals surface area (Å²) in [6.07, 6.45) is 3.67. The Balaban J connectivity index is 1.44. The first-order chi connectivity index (χ1) is 14.9. The topological polar surface area (TPSA) is 104 Å². The molecule has 1 aromatic carbocycles. The van der Waals surface area contributed by atoms with Crippen LogP contribution in [-0.2, 0) is 6.42 Å². The highest BCUT2D eigenvalue weighted by Gasteiger charge is 2.43. The molecule has 2 unspecified atom stereocenters. The van der Waals surface area contributed by atoms with E-state index in [2.05, 4.69) is 20.5 Å². The number of aromatic nitrogens is 3. The van der Waals surface area contributed by atoms with Gasteiger partial charge in [-0.15, -0.1) is 10.2 Å². The van der Waals surface area contributed by atoms with Crippen LogP contribution >= 0.6 is 0 Å². The minimum absolute atomic E-state index is 0.106. The molecule has 0 spiro atoms. The van der Waals surface area contributed by atoms with Crippen molar-refractivity contribution in [2.24, 2.45) is 0 Å². The summed E-state index contributed by atoms with van der Waals surface area (Å²) in [4.78, 5) is 18.5. The molecule has 2 saturated heterocycles. The number of fused-ring (bicyclic) bond motifs is 3. The summed E-state index contributed by atoms with van der Waals surface area (Å²) in [7, 11) is 1.80. The summed E-state index contributed by atoms with van der Waals surface area (Å²) < 4.78 is 20.5. The summed E-state index contributed by atoms with van der Waals surface area (Å²) in [5.41, 5.74) is 0.400. The minimum atomic E-state index is -0.984. The van der Waals surface area contributed by atoms with Gasteiger partial charge < -0.3 is 19.7 Å². The highest BCUT2D eigenvalue weighted by molar-refractivity contribution is 5.85. The molecule has 0 radical (unpaired) electrons. The van der Waals surface area contributed by atoms with E-state index in [0.29, 0.717) is 41.4 Å². The fraction of sp³-hybridized carbons (Fsp3) is 0.455. The molecule has 0 saturated carbocycles. The molecule has 2 bridgehead atoms. The lowest BCUT2D eigenvalue weighted by atomic mass is 9.96. The third-order valence-electron chi connectivity index (χ3n) is 6.45. The maximum Gasteiger partial charge on any atom is 0.192 e. The lowest BCUT2D eigenvalue weighted by molar-refractivity contribution is 0.176. The molecule has 3 aromatic rings. The Morgan fingerprint density at radius 1 is 1.29 bits per heavy atom. The predicted molar refractivity (Wildman–Crippen MR) is 114 cm³/mol. The number of rotatable bonds is 4. The van der Waals surface area contributed by atoms with Crippen molar-refractivity contribution in [2.45, 2.75) is 56.9 Å². The van der Waals surface area contributed by atoms with Crippen LogP contribution in [0.1, 0.15) is 31.9 Å². The molecule has 2 aromatic heterocycles. The molecule has 2 aliphatic rings. The van der Waals surface area contributed by atoms with Crippen LogP contribution in [0, 0.1) is 0 Å². The van der Waals surface area contributed by atoms with Crippen molar-refractivity contribution < 1.29 is 13.9 Å². The van der Waals surface area contributed by atoms with E-state index in [4.69, 9.17) is 4.42 Å². The summed E-state index contributed by atoms with van der Waals surface area (Å²) in [5, 5.41) is 22.5. The third kappa shape index (κ3) is 3.42. The first-order valence-corrected chi connectivity index (χ1v) is 10.6. The Labute approximate surface area is 178 Å². The van der Waals surface area contributed by atoms with Gasteiger partial charge in [-0.05, 0) is 25.3 Å². The average molecular weight is 425 g/mol. The lowest BCUT2D eigenvalue weighted by Gasteiger charge is -2.38. The number of phenols is 1. The van der Waals surface area contributed by atoms with Crippen LogP contribution in [0.4, 0.5) is 10.2 Å². The maximum atomic E-state index is 14.9. The first kappa shape index (κ1) is 19.9. The van der Waals surface area contributed by atoms with Crippen LogP contribution in [-0.4, -0.2) is 51.6 Å². The monoisotopic (exact) mass is 425 g/mol. The summed E-state index contributed by atoms with van der Waals surface area (Å²) >= 11 is 0. The number of phenolic OH excluding ortho intramolecular Hbond substituents is 1. The number of piperidine rings is 1. The smallest absolute Gasteiger partial charge is 0.192 e. The lowest BCUT2D eigenvalue weighted by Crippen LogP contribution is -2.55. The summed E-state index contributed by atoms with van der Waals surface area (Å²) in [6.45, 7) is 1.89. The molecule has 0 aliphatic carbocycles. The van der Waals surface area contributed by atoms with Gasteiger partial charge in [-0.3, -0.25) is 4.79 Å². The van der Waals surface area contributed by atoms with Gasteiger partial charge in [0.1, 0.15) is 23.3 Å². The van der Waals surface area contributed by atoms with Gasteiger partial charge in [0.15, 0.2) is 17.1 Å². The van der Waals surface area contributed by atoms with Crippen LogP contribution < -0.4 is 15.6 Å². The maximum absolute atomic E-state index is 14.9. The molecule has 4 atom stereocenters. The molecule has 8 nitrogen and oxygen atoms in total. The van der Waals surface area contributed by atoms with Crippen molar-refractivity contribution in [2.75, 3.05) is 11.9 Å². The zero-order chi connectivity index (χ0) is 21.7. The van der Waals surface area contributed by atoms with E-state index in [1.807, 2.05) is 6.92 Å². The normalized spacial score (nSPS) is 25.1. The number of aromatic hydroxyl groups is 1. The average Bonchev–Trinajstić information content (AvgIpc) is 3.19. The van der Waals surface area contributed by atoms with Crippen molar-refractivity contribution in [3.8, 4) is 17.1 Å². The minimum Gasteiger partial charge on any atom is -0.507 e. The fourth-order valence-corrected chi connectivity index (χ4v) is 4.67. The largest absolute Gasteiger partial charge is 0.507 e. The van der Waals surface area contributed by atoms with Crippen LogP contribution in [0.5, 0.6) is 5.75 Å². The number of halogens is 1. The second-order valence-corrected chi connectivity index (χ2v) is 8.34. The molecular weight excluding hydrogens is 401 g/mol.